The Bertz CT molecular complexity index is 928. The fourth-order valence-electron chi connectivity index (χ4n) is 3.41. The number of fused-ring (bicyclic) bond motifs is 1. The van der Waals surface area contributed by atoms with Gasteiger partial charge in [-0.05, 0) is 55.0 Å². The smallest absolute Gasteiger partial charge is 0.248 e. The number of anilines is 2. The average molecular weight is 363 g/mol. The number of thiophene rings is 1. The molecule has 1 fully saturated rings. The first kappa shape index (κ1) is 16.8. The van der Waals surface area contributed by atoms with Crippen LogP contribution in [-0.2, 0) is 4.79 Å². The largest absolute Gasteiger partial charge is 0.371 e. The molecule has 0 radical (unpaired) electrons. The van der Waals surface area contributed by atoms with Gasteiger partial charge in [0.05, 0.1) is 5.69 Å². The molecule has 3 aromatic rings. The van der Waals surface area contributed by atoms with Gasteiger partial charge in [-0.1, -0.05) is 6.07 Å². The van der Waals surface area contributed by atoms with Crippen LogP contribution in [0.2, 0.25) is 0 Å². The van der Waals surface area contributed by atoms with E-state index in [4.69, 9.17) is 0 Å². The van der Waals surface area contributed by atoms with Crippen molar-refractivity contribution in [3.05, 3.63) is 59.1 Å². The summed E-state index contributed by atoms with van der Waals surface area (Å²) < 4.78 is 0. The summed E-state index contributed by atoms with van der Waals surface area (Å²) in [6, 6.07) is 10.1. The van der Waals surface area contributed by atoms with E-state index < -0.39 is 0 Å². The van der Waals surface area contributed by atoms with Crippen LogP contribution >= 0.6 is 11.3 Å². The van der Waals surface area contributed by atoms with Gasteiger partial charge in [0.15, 0.2) is 0 Å². The van der Waals surface area contributed by atoms with Crippen molar-refractivity contribution < 1.29 is 4.79 Å². The third kappa shape index (κ3) is 3.63. The van der Waals surface area contributed by atoms with Crippen molar-refractivity contribution >= 4 is 45.5 Å². The van der Waals surface area contributed by atoms with Gasteiger partial charge in [-0.3, -0.25) is 9.78 Å². The van der Waals surface area contributed by atoms with E-state index in [1.807, 2.05) is 48.1 Å². The topological polar surface area (TPSA) is 45.2 Å². The molecular formula is C21H21N3OS. The standard InChI is InChI=1S/C21H21N3OS/c25-21(9-6-16-5-4-14-26-16)23-19-7-8-20(24-12-2-1-3-13-24)17-10-11-22-15-18(17)19/h4-11,14-15H,1-3,12-13H2,(H,23,25). The van der Waals surface area contributed by atoms with Crippen LogP contribution in [0.15, 0.2) is 54.2 Å². The van der Waals surface area contributed by atoms with Crippen molar-refractivity contribution in [2.75, 3.05) is 23.3 Å². The average Bonchev–Trinajstić information content (AvgIpc) is 3.21. The Morgan fingerprint density at radius 1 is 1.12 bits per heavy atom. The lowest BCUT2D eigenvalue weighted by Crippen LogP contribution is -2.29. The number of amides is 1. The second-order valence-electron chi connectivity index (χ2n) is 6.44. The molecule has 5 heteroatoms. The maximum atomic E-state index is 12.3. The Morgan fingerprint density at radius 2 is 2.00 bits per heavy atom. The van der Waals surface area contributed by atoms with Crippen molar-refractivity contribution in [1.82, 2.24) is 4.98 Å². The van der Waals surface area contributed by atoms with E-state index in [1.54, 1.807) is 17.4 Å². The minimum atomic E-state index is -0.130. The van der Waals surface area contributed by atoms with Gasteiger partial charge in [0, 0.05) is 52.9 Å². The fraction of sp³-hybridized carbons (Fsp3) is 0.238. The number of rotatable bonds is 4. The summed E-state index contributed by atoms with van der Waals surface area (Å²) in [7, 11) is 0. The highest BCUT2D eigenvalue weighted by Crippen LogP contribution is 2.33. The van der Waals surface area contributed by atoms with Gasteiger partial charge < -0.3 is 10.2 Å². The van der Waals surface area contributed by atoms with Crippen molar-refractivity contribution in [2.24, 2.45) is 0 Å². The number of benzene rings is 1. The Balaban J connectivity index is 1.60. The molecule has 0 atom stereocenters. The van der Waals surface area contributed by atoms with Gasteiger partial charge in [-0.25, -0.2) is 0 Å². The quantitative estimate of drug-likeness (QED) is 0.668. The molecule has 4 nitrogen and oxygen atoms in total. The second kappa shape index (κ2) is 7.70. The SMILES string of the molecule is O=C(C=Cc1cccs1)Nc1ccc(N2CCCCC2)c2ccncc12. The molecule has 1 N–H and O–H groups in total. The van der Waals surface area contributed by atoms with Gasteiger partial charge in [-0.15, -0.1) is 11.3 Å². The normalized spacial score (nSPS) is 14.8. The van der Waals surface area contributed by atoms with E-state index in [-0.39, 0.29) is 5.91 Å². The zero-order chi connectivity index (χ0) is 17.8. The molecule has 3 heterocycles. The van der Waals surface area contributed by atoms with Crippen LogP contribution in [0.3, 0.4) is 0 Å². The van der Waals surface area contributed by atoms with Crippen molar-refractivity contribution in [3.8, 4) is 0 Å². The molecule has 4 rings (SSSR count). The summed E-state index contributed by atoms with van der Waals surface area (Å²) in [6.07, 6.45) is 10.8. The number of hydrogen-bond acceptors (Lipinski definition) is 4. The molecule has 2 aromatic heterocycles. The molecule has 1 aliphatic rings. The van der Waals surface area contributed by atoms with Crippen LogP contribution in [0.5, 0.6) is 0 Å². The maximum Gasteiger partial charge on any atom is 0.248 e. The Labute approximate surface area is 157 Å². The second-order valence-corrected chi connectivity index (χ2v) is 7.42. The lowest BCUT2D eigenvalue weighted by atomic mass is 10.1. The highest BCUT2D eigenvalue weighted by atomic mass is 32.1. The summed E-state index contributed by atoms with van der Waals surface area (Å²) >= 11 is 1.61. The van der Waals surface area contributed by atoms with Gasteiger partial charge in [0.2, 0.25) is 5.91 Å². The highest BCUT2D eigenvalue weighted by Gasteiger charge is 2.15. The number of hydrogen-bond donors (Lipinski definition) is 1. The van der Waals surface area contributed by atoms with E-state index in [9.17, 15) is 4.79 Å². The van der Waals surface area contributed by atoms with Gasteiger partial charge in [0.1, 0.15) is 0 Å². The Hall–Kier alpha value is -2.66. The molecule has 0 spiro atoms. The number of carbonyl (C=O) groups excluding carboxylic acids is 1. The monoisotopic (exact) mass is 363 g/mol. The van der Waals surface area contributed by atoms with Crippen molar-refractivity contribution in [3.63, 3.8) is 0 Å². The third-order valence-electron chi connectivity index (χ3n) is 4.69. The summed E-state index contributed by atoms with van der Waals surface area (Å²) in [6.45, 7) is 2.18. The third-order valence-corrected chi connectivity index (χ3v) is 5.53. The van der Waals surface area contributed by atoms with Gasteiger partial charge >= 0.3 is 0 Å². The first-order chi connectivity index (χ1) is 12.8. The Morgan fingerprint density at radius 3 is 2.81 bits per heavy atom. The first-order valence-electron chi connectivity index (χ1n) is 8.95. The van der Waals surface area contributed by atoms with Crippen LogP contribution in [0, 0.1) is 0 Å². The van der Waals surface area contributed by atoms with Crippen molar-refractivity contribution in [2.45, 2.75) is 19.3 Å². The van der Waals surface area contributed by atoms with E-state index in [1.165, 1.54) is 24.9 Å². The van der Waals surface area contributed by atoms with Crippen LogP contribution in [-0.4, -0.2) is 24.0 Å². The van der Waals surface area contributed by atoms with Crippen molar-refractivity contribution in [1.29, 1.82) is 0 Å². The molecule has 0 bridgehead atoms. The summed E-state index contributed by atoms with van der Waals surface area (Å²) in [5.41, 5.74) is 2.03. The molecule has 0 unspecified atom stereocenters. The zero-order valence-electron chi connectivity index (χ0n) is 14.5. The van der Waals surface area contributed by atoms with E-state index in [0.29, 0.717) is 0 Å². The summed E-state index contributed by atoms with van der Waals surface area (Å²) in [4.78, 5) is 20.1. The fourth-order valence-corrected chi connectivity index (χ4v) is 4.03. The number of aromatic nitrogens is 1. The zero-order valence-corrected chi connectivity index (χ0v) is 15.3. The molecule has 1 aliphatic heterocycles. The van der Waals surface area contributed by atoms with E-state index in [0.717, 1.165) is 34.4 Å². The molecule has 1 amide bonds. The lowest BCUT2D eigenvalue weighted by molar-refractivity contribution is -0.111. The number of nitrogens with one attached hydrogen (secondary N) is 1. The number of pyridine rings is 1. The van der Waals surface area contributed by atoms with Gasteiger partial charge in [-0.2, -0.15) is 0 Å². The molecule has 0 saturated carbocycles. The predicted molar refractivity (Wildman–Crippen MR) is 110 cm³/mol. The predicted octanol–water partition coefficient (Wildman–Crippen LogP) is 4.94. The van der Waals surface area contributed by atoms with E-state index in [2.05, 4.69) is 21.3 Å². The van der Waals surface area contributed by atoms with Crippen LogP contribution in [0.4, 0.5) is 11.4 Å². The minimum Gasteiger partial charge on any atom is -0.371 e. The molecule has 0 aliphatic carbocycles. The van der Waals surface area contributed by atoms with Crippen LogP contribution in [0.1, 0.15) is 24.1 Å². The number of nitrogens with zero attached hydrogens (tertiary/aromatic N) is 2. The number of carbonyl (C=O) groups is 1. The van der Waals surface area contributed by atoms with Crippen LogP contribution < -0.4 is 10.2 Å². The molecule has 1 saturated heterocycles. The molecule has 132 valence electrons. The summed E-state index contributed by atoms with van der Waals surface area (Å²) in [5, 5.41) is 7.11. The van der Waals surface area contributed by atoms with E-state index >= 15 is 0 Å². The van der Waals surface area contributed by atoms with Gasteiger partial charge in [0.25, 0.3) is 0 Å². The Kier molecular flexibility index (Phi) is 4.97. The first-order valence-corrected chi connectivity index (χ1v) is 9.83. The lowest BCUT2D eigenvalue weighted by Gasteiger charge is -2.30. The maximum absolute atomic E-state index is 12.3. The molecule has 1 aromatic carbocycles. The van der Waals surface area contributed by atoms with Crippen LogP contribution in [0.25, 0.3) is 16.8 Å². The molecule has 26 heavy (non-hydrogen) atoms. The number of piperidine rings is 1. The summed E-state index contributed by atoms with van der Waals surface area (Å²) in [5.74, 6) is -0.130. The molecular weight excluding hydrogens is 342 g/mol. The highest BCUT2D eigenvalue weighted by molar-refractivity contribution is 7.10. The minimum absolute atomic E-state index is 0.130.